The smallest absolute Gasteiger partial charge is 0.286 e. The molecule has 0 amide bonds. The van der Waals surface area contributed by atoms with Gasteiger partial charge in [-0.3, -0.25) is 0 Å². The number of rotatable bonds is 2. The van der Waals surface area contributed by atoms with E-state index in [9.17, 15) is 4.39 Å². The van der Waals surface area contributed by atoms with Gasteiger partial charge in [0.15, 0.2) is 0 Å². The zero-order valence-corrected chi connectivity index (χ0v) is 12.3. The van der Waals surface area contributed by atoms with E-state index in [-0.39, 0.29) is 23.4 Å². The lowest BCUT2D eigenvalue weighted by Crippen LogP contribution is -1.91. The molecule has 0 aliphatic heterocycles. The maximum Gasteiger partial charge on any atom is 0.286 e. The molecule has 0 spiro atoms. The Morgan fingerprint density at radius 3 is 2.43 bits per heavy atom. The minimum Gasteiger partial charge on any atom is -0.413 e. The van der Waals surface area contributed by atoms with Gasteiger partial charge in [-0.15, -0.1) is 10.2 Å². The van der Waals surface area contributed by atoms with Crippen molar-refractivity contribution in [1.82, 2.24) is 20.2 Å². The summed E-state index contributed by atoms with van der Waals surface area (Å²) in [7, 11) is 0. The second kappa shape index (κ2) is 5.40. The van der Waals surface area contributed by atoms with E-state index in [0.717, 1.165) is 5.39 Å². The molecule has 2 heterocycles. The highest BCUT2D eigenvalue weighted by Crippen LogP contribution is 2.26. The molecule has 112 valence electrons. The lowest BCUT2D eigenvalue weighted by atomic mass is 10.2. The van der Waals surface area contributed by atoms with Crippen LogP contribution in [-0.2, 0) is 0 Å². The van der Waals surface area contributed by atoms with E-state index in [1.165, 1.54) is 12.1 Å². The molecule has 0 atom stereocenters. The Labute approximate surface area is 134 Å². The molecule has 0 N–H and O–H groups in total. The second-order valence-corrected chi connectivity index (χ2v) is 5.13. The Morgan fingerprint density at radius 1 is 0.870 bits per heavy atom. The second-order valence-electron chi connectivity index (χ2n) is 4.77. The van der Waals surface area contributed by atoms with Crippen molar-refractivity contribution in [2.24, 2.45) is 0 Å². The highest BCUT2D eigenvalue weighted by molar-refractivity contribution is 6.34. The number of para-hydroxylation sites is 1. The molecular weight excluding hydrogens is 319 g/mol. The molecule has 0 aliphatic rings. The van der Waals surface area contributed by atoms with Crippen molar-refractivity contribution in [2.75, 3.05) is 0 Å². The number of hydrogen-bond donors (Lipinski definition) is 0. The van der Waals surface area contributed by atoms with Crippen molar-refractivity contribution >= 4 is 22.5 Å². The fraction of sp³-hybridized carbons (Fsp3) is 0. The summed E-state index contributed by atoms with van der Waals surface area (Å²) < 4.78 is 18.5. The van der Waals surface area contributed by atoms with Crippen LogP contribution in [0.5, 0.6) is 0 Å². The van der Waals surface area contributed by atoms with Crippen molar-refractivity contribution in [3.63, 3.8) is 0 Å². The summed E-state index contributed by atoms with van der Waals surface area (Å²) in [5.74, 6) is 0.317. The molecule has 7 heteroatoms. The van der Waals surface area contributed by atoms with Crippen molar-refractivity contribution in [2.45, 2.75) is 0 Å². The molecule has 4 aromatic rings. The van der Waals surface area contributed by atoms with E-state index in [1.54, 1.807) is 12.1 Å². The molecule has 0 saturated carbocycles. The number of benzene rings is 2. The summed E-state index contributed by atoms with van der Waals surface area (Å²) in [5.41, 5.74) is 1.29. The number of nitrogens with zero attached hydrogens (tertiary/aromatic N) is 4. The zero-order valence-electron chi connectivity index (χ0n) is 11.6. The third-order valence-electron chi connectivity index (χ3n) is 3.26. The molecule has 0 radical (unpaired) electrons. The summed E-state index contributed by atoms with van der Waals surface area (Å²) in [6, 6.07) is 13.1. The first kappa shape index (κ1) is 13.8. The van der Waals surface area contributed by atoms with Gasteiger partial charge >= 0.3 is 0 Å². The van der Waals surface area contributed by atoms with Gasteiger partial charge in [0.2, 0.25) is 11.7 Å². The van der Waals surface area contributed by atoms with Crippen LogP contribution < -0.4 is 0 Å². The molecule has 0 saturated heterocycles. The van der Waals surface area contributed by atoms with Gasteiger partial charge < -0.3 is 4.42 Å². The van der Waals surface area contributed by atoms with Gasteiger partial charge in [-0.25, -0.2) is 14.4 Å². The number of fused-ring (bicyclic) bond motifs is 1. The Hall–Kier alpha value is -2.86. The number of hydrogen-bond acceptors (Lipinski definition) is 5. The summed E-state index contributed by atoms with van der Waals surface area (Å²) >= 11 is 6.17. The monoisotopic (exact) mass is 326 g/mol. The SMILES string of the molecule is Fc1ccc(-c2nnc(-c3nc(Cl)c4ccccc4n3)o2)cc1. The molecule has 5 nitrogen and oxygen atoms in total. The average Bonchev–Trinajstić information content (AvgIpc) is 3.05. The first-order valence-electron chi connectivity index (χ1n) is 6.73. The summed E-state index contributed by atoms with van der Waals surface area (Å²) in [6.07, 6.45) is 0. The molecule has 4 rings (SSSR count). The van der Waals surface area contributed by atoms with Crippen LogP contribution in [-0.4, -0.2) is 20.2 Å². The van der Waals surface area contributed by atoms with Crippen LogP contribution in [0.25, 0.3) is 34.1 Å². The molecule has 0 aliphatic carbocycles. The Balaban J connectivity index is 1.78. The third-order valence-corrected chi connectivity index (χ3v) is 3.55. The molecule has 2 aromatic heterocycles. The van der Waals surface area contributed by atoms with Crippen LogP contribution in [0.4, 0.5) is 4.39 Å². The van der Waals surface area contributed by atoms with E-state index >= 15 is 0 Å². The van der Waals surface area contributed by atoms with Crippen LogP contribution in [0.3, 0.4) is 0 Å². The van der Waals surface area contributed by atoms with Crippen LogP contribution in [0, 0.1) is 5.82 Å². The van der Waals surface area contributed by atoms with Gasteiger partial charge in [0.25, 0.3) is 5.89 Å². The van der Waals surface area contributed by atoms with E-state index in [4.69, 9.17) is 16.0 Å². The van der Waals surface area contributed by atoms with Gasteiger partial charge in [-0.2, -0.15) is 0 Å². The number of aromatic nitrogens is 4. The Kier molecular flexibility index (Phi) is 3.24. The molecule has 2 aromatic carbocycles. The average molecular weight is 327 g/mol. The first-order chi connectivity index (χ1) is 11.2. The maximum absolute atomic E-state index is 13.0. The van der Waals surface area contributed by atoms with Crippen LogP contribution in [0.15, 0.2) is 52.9 Å². The third kappa shape index (κ3) is 2.53. The normalized spacial score (nSPS) is 11.0. The fourth-order valence-electron chi connectivity index (χ4n) is 2.16. The Morgan fingerprint density at radius 2 is 1.61 bits per heavy atom. The minimum atomic E-state index is -0.335. The predicted molar refractivity (Wildman–Crippen MR) is 83.2 cm³/mol. The highest BCUT2D eigenvalue weighted by Gasteiger charge is 2.15. The van der Waals surface area contributed by atoms with Crippen molar-refractivity contribution in [3.8, 4) is 23.2 Å². The standard InChI is InChI=1S/C16H8ClFN4O/c17-13-11-3-1-2-4-12(11)19-14(20-13)16-22-21-15(23-16)9-5-7-10(18)8-6-9/h1-8H. The molecular formula is C16H8ClFN4O. The topological polar surface area (TPSA) is 64.7 Å². The lowest BCUT2D eigenvalue weighted by molar-refractivity contribution is 0.579. The van der Waals surface area contributed by atoms with Gasteiger partial charge in [-0.05, 0) is 36.4 Å². The largest absolute Gasteiger partial charge is 0.413 e. The maximum atomic E-state index is 13.0. The van der Waals surface area contributed by atoms with Gasteiger partial charge in [0, 0.05) is 10.9 Å². The van der Waals surface area contributed by atoms with E-state index in [2.05, 4.69) is 20.2 Å². The summed E-state index contributed by atoms with van der Waals surface area (Å²) in [4.78, 5) is 8.57. The summed E-state index contributed by atoms with van der Waals surface area (Å²) in [5, 5.41) is 8.94. The Bertz CT molecular complexity index is 1000. The van der Waals surface area contributed by atoms with Gasteiger partial charge in [0.05, 0.1) is 5.52 Å². The van der Waals surface area contributed by atoms with Crippen LogP contribution in [0.1, 0.15) is 0 Å². The molecule has 0 fully saturated rings. The fourth-order valence-corrected chi connectivity index (χ4v) is 2.40. The zero-order chi connectivity index (χ0) is 15.8. The first-order valence-corrected chi connectivity index (χ1v) is 7.10. The molecule has 23 heavy (non-hydrogen) atoms. The lowest BCUT2D eigenvalue weighted by Gasteiger charge is -2.00. The van der Waals surface area contributed by atoms with Crippen molar-refractivity contribution < 1.29 is 8.81 Å². The number of halogens is 2. The molecule has 0 bridgehead atoms. The van der Waals surface area contributed by atoms with Crippen molar-refractivity contribution in [3.05, 3.63) is 59.5 Å². The predicted octanol–water partition coefficient (Wildman–Crippen LogP) is 4.14. The molecule has 0 unspecified atom stereocenters. The highest BCUT2D eigenvalue weighted by atomic mass is 35.5. The van der Waals surface area contributed by atoms with Crippen molar-refractivity contribution in [1.29, 1.82) is 0 Å². The quantitative estimate of drug-likeness (QED) is 0.518. The van der Waals surface area contributed by atoms with Gasteiger partial charge in [0.1, 0.15) is 11.0 Å². The van der Waals surface area contributed by atoms with Crippen LogP contribution >= 0.6 is 11.6 Å². The van der Waals surface area contributed by atoms with E-state index in [0.29, 0.717) is 16.2 Å². The summed E-state index contributed by atoms with van der Waals surface area (Å²) in [6.45, 7) is 0. The van der Waals surface area contributed by atoms with Crippen LogP contribution in [0.2, 0.25) is 5.15 Å². The van der Waals surface area contributed by atoms with E-state index < -0.39 is 0 Å². The van der Waals surface area contributed by atoms with Gasteiger partial charge in [-0.1, -0.05) is 23.7 Å². The minimum absolute atomic E-state index is 0.150. The van der Waals surface area contributed by atoms with E-state index in [1.807, 2.05) is 24.3 Å².